The smallest absolute Gasteiger partial charge is 0.291 e. The monoisotopic (exact) mass is 543 g/mol. The summed E-state index contributed by atoms with van der Waals surface area (Å²) in [7, 11) is 4.04. The van der Waals surface area contributed by atoms with E-state index in [2.05, 4.69) is 40.6 Å². The number of carbonyl (C=O) groups excluding carboxylic acids is 1. The molecule has 5 rings (SSSR count). The summed E-state index contributed by atoms with van der Waals surface area (Å²) in [6.45, 7) is 6.85. The fourth-order valence-electron chi connectivity index (χ4n) is 4.92. The number of nitrogens with one attached hydrogen (secondary N) is 2. The van der Waals surface area contributed by atoms with E-state index in [1.54, 1.807) is 0 Å². The predicted molar refractivity (Wildman–Crippen MR) is 143 cm³/mol. The number of likely N-dealkylation sites (N-methyl/N-ethyl adjacent to an activating group) is 1. The Hall–Kier alpha value is -3.32. The molecule has 0 saturated carbocycles. The molecule has 2 N–H and O–H groups in total. The number of hydrogen-bond acceptors (Lipinski definition) is 10. The predicted octanol–water partition coefficient (Wildman–Crippen LogP) is 3.91. The van der Waals surface area contributed by atoms with E-state index in [4.69, 9.17) is 4.98 Å². The minimum Gasteiger partial charge on any atom is -0.382 e. The second-order valence-electron chi connectivity index (χ2n) is 10.4. The molecule has 1 fully saturated rings. The average molecular weight is 544 g/mol. The third kappa shape index (κ3) is 5.04. The highest BCUT2D eigenvalue weighted by Crippen LogP contribution is 2.43. The molecule has 0 atom stereocenters. The largest absolute Gasteiger partial charge is 0.382 e. The number of fused-ring (bicyclic) bond motifs is 1. The molecule has 3 aromatic rings. The number of amides is 1. The van der Waals surface area contributed by atoms with Crippen molar-refractivity contribution in [1.29, 1.82) is 0 Å². The van der Waals surface area contributed by atoms with Gasteiger partial charge in [0.1, 0.15) is 23.7 Å². The summed E-state index contributed by atoms with van der Waals surface area (Å²) >= 11 is 0.868. The van der Waals surface area contributed by atoms with E-state index in [0.717, 1.165) is 73.1 Å². The number of nitrogens with zero attached hydrogens (tertiary/aromatic N) is 7. The molecule has 13 heteroatoms. The van der Waals surface area contributed by atoms with Crippen molar-refractivity contribution in [1.82, 2.24) is 30.0 Å². The Kier molecular flexibility index (Phi) is 7.23. The summed E-state index contributed by atoms with van der Waals surface area (Å²) in [4.78, 5) is 30.6. The number of halogens is 2. The first kappa shape index (κ1) is 26.3. The molecule has 1 saturated heterocycles. The van der Waals surface area contributed by atoms with E-state index in [-0.39, 0.29) is 16.8 Å². The number of pyridine rings is 1. The van der Waals surface area contributed by atoms with Gasteiger partial charge in [-0.05, 0) is 52.9 Å². The SMILES string of the molecule is CN(C)CCNc1ccc(-c2nnc(C(F)F)s2)nc1C1CCN(c2ncnc3c2C(C)(C)C(=O)N3)CC1. The maximum atomic E-state index is 13.1. The van der Waals surface area contributed by atoms with Crippen LogP contribution < -0.4 is 15.5 Å². The van der Waals surface area contributed by atoms with Gasteiger partial charge in [0, 0.05) is 32.1 Å². The van der Waals surface area contributed by atoms with E-state index in [9.17, 15) is 13.6 Å². The van der Waals surface area contributed by atoms with E-state index in [0.29, 0.717) is 16.5 Å². The fourth-order valence-corrected chi connectivity index (χ4v) is 5.59. The van der Waals surface area contributed by atoms with Crippen molar-refractivity contribution >= 4 is 34.6 Å². The van der Waals surface area contributed by atoms with Crippen LogP contribution in [0.4, 0.5) is 26.1 Å². The van der Waals surface area contributed by atoms with Crippen LogP contribution in [0.1, 0.15) is 55.3 Å². The quantitative estimate of drug-likeness (QED) is 0.437. The zero-order chi connectivity index (χ0) is 27.0. The first-order chi connectivity index (χ1) is 18.1. The highest BCUT2D eigenvalue weighted by molar-refractivity contribution is 7.14. The molecule has 0 bridgehead atoms. The van der Waals surface area contributed by atoms with Crippen molar-refractivity contribution < 1.29 is 13.6 Å². The molecule has 0 spiro atoms. The standard InChI is InChI=1S/C25H31F2N9OS/c1-25(2)17-20(32-24(25)37)29-13-30-21(17)36-10-7-14(8-11-36)18-15(28-9-12-35(3)4)5-6-16(31-18)22-33-34-23(38-22)19(26)27/h5-6,13-14,19,28H,7-12H2,1-4H3,(H,29,30,32,37). The molecule has 0 aliphatic carbocycles. The molecule has 0 radical (unpaired) electrons. The van der Waals surface area contributed by atoms with Crippen LogP contribution in [-0.4, -0.2) is 76.2 Å². The van der Waals surface area contributed by atoms with Crippen molar-refractivity contribution in [3.63, 3.8) is 0 Å². The minimum atomic E-state index is -2.66. The number of aromatic nitrogens is 5. The number of hydrogen-bond donors (Lipinski definition) is 2. The van der Waals surface area contributed by atoms with E-state index in [1.807, 2.05) is 40.1 Å². The number of anilines is 3. The van der Waals surface area contributed by atoms with Crippen LogP contribution in [0.25, 0.3) is 10.7 Å². The second kappa shape index (κ2) is 10.4. The minimum absolute atomic E-state index is 0.0785. The van der Waals surface area contributed by atoms with Gasteiger partial charge in [0.2, 0.25) is 5.91 Å². The summed E-state index contributed by atoms with van der Waals surface area (Å²) in [6, 6.07) is 3.77. The van der Waals surface area contributed by atoms with Crippen LogP contribution in [0.15, 0.2) is 18.5 Å². The molecule has 3 aromatic heterocycles. The van der Waals surface area contributed by atoms with E-state index < -0.39 is 11.8 Å². The van der Waals surface area contributed by atoms with Gasteiger partial charge in [0.05, 0.1) is 22.4 Å². The molecular weight excluding hydrogens is 512 g/mol. The zero-order valence-corrected chi connectivity index (χ0v) is 22.6. The lowest BCUT2D eigenvalue weighted by Crippen LogP contribution is -2.36. The Balaban J connectivity index is 1.39. The molecule has 1 amide bonds. The number of carbonyl (C=O) groups is 1. The molecule has 2 aliphatic heterocycles. The van der Waals surface area contributed by atoms with Gasteiger partial charge >= 0.3 is 0 Å². The third-order valence-corrected chi connectivity index (χ3v) is 8.03. The van der Waals surface area contributed by atoms with Crippen molar-refractivity contribution in [2.45, 2.75) is 44.4 Å². The lowest BCUT2D eigenvalue weighted by molar-refractivity contribution is -0.119. The summed E-state index contributed by atoms with van der Waals surface area (Å²) in [5, 5.41) is 14.0. The van der Waals surface area contributed by atoms with Crippen molar-refractivity contribution in [2.75, 3.05) is 55.8 Å². The summed E-state index contributed by atoms with van der Waals surface area (Å²) in [6.07, 6.45) is 0.473. The van der Waals surface area contributed by atoms with Crippen molar-refractivity contribution in [3.8, 4) is 10.7 Å². The average Bonchev–Trinajstić information content (AvgIpc) is 3.47. The van der Waals surface area contributed by atoms with Gasteiger partial charge in [0.15, 0.2) is 10.0 Å². The van der Waals surface area contributed by atoms with Crippen LogP contribution >= 0.6 is 11.3 Å². The highest BCUT2D eigenvalue weighted by atomic mass is 32.1. The Morgan fingerprint density at radius 2 is 1.97 bits per heavy atom. The van der Waals surface area contributed by atoms with Crippen molar-refractivity contribution in [2.24, 2.45) is 0 Å². The Morgan fingerprint density at radius 1 is 1.21 bits per heavy atom. The maximum absolute atomic E-state index is 13.1. The molecule has 0 unspecified atom stereocenters. The van der Waals surface area contributed by atoms with Crippen LogP contribution in [0.5, 0.6) is 0 Å². The van der Waals surface area contributed by atoms with E-state index in [1.165, 1.54) is 6.33 Å². The van der Waals surface area contributed by atoms with Gasteiger partial charge in [-0.15, -0.1) is 10.2 Å². The van der Waals surface area contributed by atoms with E-state index >= 15 is 0 Å². The molecular formula is C25H31F2N9OS. The molecule has 38 heavy (non-hydrogen) atoms. The molecule has 202 valence electrons. The van der Waals surface area contributed by atoms with Gasteiger partial charge in [-0.25, -0.2) is 23.7 Å². The number of alkyl halides is 2. The first-order valence-corrected chi connectivity index (χ1v) is 13.4. The molecule has 10 nitrogen and oxygen atoms in total. The molecule has 2 aliphatic rings. The Bertz CT molecular complexity index is 1320. The van der Waals surface area contributed by atoms with Gasteiger partial charge in [0.25, 0.3) is 6.43 Å². The first-order valence-electron chi connectivity index (χ1n) is 12.6. The topological polar surface area (TPSA) is 112 Å². The Labute approximate surface area is 223 Å². The van der Waals surface area contributed by atoms with Crippen LogP contribution in [0.2, 0.25) is 0 Å². The zero-order valence-electron chi connectivity index (χ0n) is 21.8. The number of rotatable bonds is 8. The normalized spacial score (nSPS) is 17.3. The Morgan fingerprint density at radius 3 is 2.66 bits per heavy atom. The van der Waals surface area contributed by atoms with Gasteiger partial charge in [-0.3, -0.25) is 4.79 Å². The summed E-state index contributed by atoms with van der Waals surface area (Å²) < 4.78 is 26.2. The fraction of sp³-hybridized carbons (Fsp3) is 0.520. The molecule has 5 heterocycles. The lowest BCUT2D eigenvalue weighted by atomic mass is 9.86. The second-order valence-corrected chi connectivity index (χ2v) is 11.4. The van der Waals surface area contributed by atoms with Gasteiger partial charge in [-0.2, -0.15) is 0 Å². The van der Waals surface area contributed by atoms with Gasteiger partial charge < -0.3 is 20.4 Å². The van der Waals surface area contributed by atoms with Crippen LogP contribution in [0.3, 0.4) is 0 Å². The maximum Gasteiger partial charge on any atom is 0.291 e. The third-order valence-electron chi connectivity index (χ3n) is 7.08. The van der Waals surface area contributed by atoms with Crippen molar-refractivity contribution in [3.05, 3.63) is 34.7 Å². The molecule has 0 aromatic carbocycles. The van der Waals surface area contributed by atoms with Crippen LogP contribution in [0, 0.1) is 0 Å². The highest BCUT2D eigenvalue weighted by Gasteiger charge is 2.43. The lowest BCUT2D eigenvalue weighted by Gasteiger charge is -2.35. The number of piperidine rings is 1. The van der Waals surface area contributed by atoms with Crippen LogP contribution in [-0.2, 0) is 10.2 Å². The van der Waals surface area contributed by atoms with Gasteiger partial charge in [-0.1, -0.05) is 11.3 Å². The summed E-state index contributed by atoms with van der Waals surface area (Å²) in [5.41, 5.74) is 2.51. The summed E-state index contributed by atoms with van der Waals surface area (Å²) in [5.74, 6) is 1.44.